The topological polar surface area (TPSA) is 18.5 Å². The van der Waals surface area contributed by atoms with Crippen LogP contribution in [0.1, 0.15) is 6.92 Å². The van der Waals surface area contributed by atoms with Crippen LogP contribution in [0.25, 0.3) is 0 Å². The van der Waals surface area contributed by atoms with Gasteiger partial charge in [0.2, 0.25) is 0 Å². The van der Waals surface area contributed by atoms with Crippen LogP contribution >= 0.6 is 46.4 Å². The fraction of sp³-hybridized carbons (Fsp3) is 0.167. The molecule has 0 fully saturated rings. The molecule has 19 heavy (non-hydrogen) atoms. The Morgan fingerprint density at radius 3 is 1.84 bits per heavy atom. The van der Waals surface area contributed by atoms with Crippen molar-refractivity contribution in [2.75, 3.05) is 0 Å². The molecule has 0 spiro atoms. The SMILES string of the molecule is CC[Si](OC=C(Cl)Cl)(OC=C(Cl)Cl)c1ccccc1. The largest absolute Gasteiger partial charge is 0.513 e. The Balaban J connectivity index is 3.13. The fourth-order valence-electron chi connectivity index (χ4n) is 1.51. The number of hydrogen-bond acceptors (Lipinski definition) is 2. The molecule has 0 atom stereocenters. The average molecular weight is 358 g/mol. The van der Waals surface area contributed by atoms with Crippen molar-refractivity contribution in [2.45, 2.75) is 13.0 Å². The van der Waals surface area contributed by atoms with E-state index in [4.69, 9.17) is 55.3 Å². The fourth-order valence-corrected chi connectivity index (χ4v) is 4.37. The van der Waals surface area contributed by atoms with E-state index in [1.165, 1.54) is 12.5 Å². The minimum Gasteiger partial charge on any atom is -0.513 e. The molecule has 0 radical (unpaired) electrons. The van der Waals surface area contributed by atoms with Crippen molar-refractivity contribution in [3.05, 3.63) is 51.8 Å². The highest BCUT2D eigenvalue weighted by Gasteiger charge is 2.41. The Labute approximate surface area is 133 Å². The molecular formula is C12H12Cl4O2Si. The summed E-state index contributed by atoms with van der Waals surface area (Å²) in [5.41, 5.74) is 0. The van der Waals surface area contributed by atoms with Crippen molar-refractivity contribution in [3.8, 4) is 0 Å². The van der Waals surface area contributed by atoms with Crippen LogP contribution in [-0.2, 0) is 8.85 Å². The van der Waals surface area contributed by atoms with Gasteiger partial charge in [-0.2, -0.15) is 0 Å². The van der Waals surface area contributed by atoms with Crippen molar-refractivity contribution >= 4 is 60.2 Å². The van der Waals surface area contributed by atoms with Crippen molar-refractivity contribution < 1.29 is 8.85 Å². The summed E-state index contributed by atoms with van der Waals surface area (Å²) in [6, 6.07) is 10.2. The molecule has 0 saturated heterocycles. The van der Waals surface area contributed by atoms with Gasteiger partial charge < -0.3 is 8.85 Å². The third-order valence-corrected chi connectivity index (χ3v) is 5.85. The predicted molar refractivity (Wildman–Crippen MR) is 84.1 cm³/mol. The lowest BCUT2D eigenvalue weighted by atomic mass is 10.4. The van der Waals surface area contributed by atoms with E-state index in [9.17, 15) is 0 Å². The minimum absolute atomic E-state index is 0.0193. The van der Waals surface area contributed by atoms with Gasteiger partial charge in [-0.25, -0.2) is 0 Å². The van der Waals surface area contributed by atoms with Crippen LogP contribution in [0.5, 0.6) is 0 Å². The lowest BCUT2D eigenvalue weighted by molar-refractivity contribution is 0.320. The molecule has 0 saturated carbocycles. The lowest BCUT2D eigenvalue weighted by Gasteiger charge is -2.27. The van der Waals surface area contributed by atoms with Crippen molar-refractivity contribution in [1.82, 2.24) is 0 Å². The summed E-state index contributed by atoms with van der Waals surface area (Å²) >= 11 is 22.4. The first kappa shape index (κ1) is 16.7. The molecule has 0 aliphatic rings. The van der Waals surface area contributed by atoms with Crippen LogP contribution in [-0.4, -0.2) is 8.56 Å². The predicted octanol–water partition coefficient (Wildman–Crippen LogP) is 4.94. The zero-order chi connectivity index (χ0) is 14.3. The van der Waals surface area contributed by atoms with Gasteiger partial charge in [0.05, 0.1) is 12.5 Å². The van der Waals surface area contributed by atoms with Gasteiger partial charge in [0.25, 0.3) is 0 Å². The maximum Gasteiger partial charge on any atom is 0.494 e. The zero-order valence-corrected chi connectivity index (χ0v) is 14.1. The van der Waals surface area contributed by atoms with Crippen molar-refractivity contribution in [3.63, 3.8) is 0 Å². The normalized spacial score (nSPS) is 10.6. The smallest absolute Gasteiger partial charge is 0.494 e. The highest BCUT2D eigenvalue weighted by atomic mass is 35.5. The third-order valence-electron chi connectivity index (χ3n) is 2.36. The van der Waals surface area contributed by atoms with E-state index in [1.54, 1.807) is 0 Å². The maximum atomic E-state index is 5.71. The quantitative estimate of drug-likeness (QED) is 0.530. The molecule has 0 N–H and O–H groups in total. The van der Waals surface area contributed by atoms with E-state index >= 15 is 0 Å². The molecule has 1 rings (SSSR count). The van der Waals surface area contributed by atoms with Crippen LogP contribution in [0.15, 0.2) is 51.8 Å². The number of benzene rings is 1. The van der Waals surface area contributed by atoms with Gasteiger partial charge in [0, 0.05) is 11.2 Å². The van der Waals surface area contributed by atoms with Crippen molar-refractivity contribution in [1.29, 1.82) is 0 Å². The van der Waals surface area contributed by atoms with Crippen LogP contribution in [0.2, 0.25) is 6.04 Å². The van der Waals surface area contributed by atoms with Crippen LogP contribution < -0.4 is 5.19 Å². The molecule has 1 aromatic carbocycles. The second kappa shape index (κ2) is 8.07. The molecular weight excluding hydrogens is 346 g/mol. The first-order valence-corrected chi connectivity index (χ1v) is 8.97. The molecule has 104 valence electrons. The van der Waals surface area contributed by atoms with Gasteiger partial charge in [-0.3, -0.25) is 0 Å². The van der Waals surface area contributed by atoms with Gasteiger partial charge >= 0.3 is 8.56 Å². The molecule has 1 aromatic rings. The van der Waals surface area contributed by atoms with Crippen molar-refractivity contribution in [2.24, 2.45) is 0 Å². The van der Waals surface area contributed by atoms with Crippen LogP contribution in [0, 0.1) is 0 Å². The third kappa shape index (κ3) is 5.28. The Hall–Kier alpha value is -0.323. The molecule has 0 aromatic heterocycles. The van der Waals surface area contributed by atoms with E-state index in [0.717, 1.165) is 5.19 Å². The molecule has 0 unspecified atom stereocenters. The number of hydrogen-bond donors (Lipinski definition) is 0. The maximum absolute atomic E-state index is 5.71. The monoisotopic (exact) mass is 356 g/mol. The summed E-state index contributed by atoms with van der Waals surface area (Å²) in [5, 5.41) is 0.925. The second-order valence-corrected chi connectivity index (χ2v) is 8.80. The summed E-state index contributed by atoms with van der Waals surface area (Å²) in [6.07, 6.45) is 2.53. The second-order valence-electron chi connectivity index (χ2n) is 3.52. The van der Waals surface area contributed by atoms with Crippen LogP contribution in [0.4, 0.5) is 0 Å². The Morgan fingerprint density at radius 1 is 1.00 bits per heavy atom. The summed E-state index contributed by atoms with van der Waals surface area (Å²) < 4.78 is 11.4. The highest BCUT2D eigenvalue weighted by molar-refractivity contribution is 6.81. The van der Waals surface area contributed by atoms with E-state index in [2.05, 4.69) is 0 Å². The average Bonchev–Trinajstić information content (AvgIpc) is 2.40. The zero-order valence-electron chi connectivity index (χ0n) is 10.1. The van der Waals surface area contributed by atoms with Crippen LogP contribution in [0.3, 0.4) is 0 Å². The Kier molecular flexibility index (Phi) is 7.11. The van der Waals surface area contributed by atoms with E-state index in [0.29, 0.717) is 6.04 Å². The summed E-state index contributed by atoms with van der Waals surface area (Å²) in [5.74, 6) is 0. The van der Waals surface area contributed by atoms with Gasteiger partial charge in [-0.15, -0.1) is 0 Å². The van der Waals surface area contributed by atoms with Gasteiger partial charge in [-0.05, 0) is 0 Å². The lowest BCUT2D eigenvalue weighted by Crippen LogP contribution is -2.51. The van der Waals surface area contributed by atoms with Gasteiger partial charge in [-0.1, -0.05) is 83.7 Å². The number of halogens is 4. The van der Waals surface area contributed by atoms with Gasteiger partial charge in [0.15, 0.2) is 0 Å². The summed E-state index contributed by atoms with van der Waals surface area (Å²) in [4.78, 5) is 0. The first-order chi connectivity index (χ1) is 9.00. The molecule has 0 bridgehead atoms. The highest BCUT2D eigenvalue weighted by Crippen LogP contribution is 2.20. The first-order valence-electron chi connectivity index (χ1n) is 5.43. The Morgan fingerprint density at radius 2 is 1.47 bits per heavy atom. The minimum atomic E-state index is -2.76. The van der Waals surface area contributed by atoms with E-state index in [1.807, 2.05) is 37.3 Å². The molecule has 0 aliphatic carbocycles. The summed E-state index contributed by atoms with van der Waals surface area (Å²) in [7, 11) is -2.76. The molecule has 0 aliphatic heterocycles. The molecule has 0 amide bonds. The van der Waals surface area contributed by atoms with E-state index in [-0.39, 0.29) is 8.98 Å². The molecule has 7 heteroatoms. The standard InChI is InChI=1S/C12H12Cl4O2Si/c1-2-19(17-8-11(13)14,18-9-12(15)16)10-6-4-3-5-7-10/h3-9H,2H2,1H3. The molecule has 0 heterocycles. The molecule has 2 nitrogen and oxygen atoms in total. The summed E-state index contributed by atoms with van der Waals surface area (Å²) in [6.45, 7) is 1.95. The van der Waals surface area contributed by atoms with Gasteiger partial charge in [0.1, 0.15) is 8.98 Å². The number of rotatable bonds is 6. The van der Waals surface area contributed by atoms with E-state index < -0.39 is 8.56 Å². The Bertz CT molecular complexity index is 434.